The Morgan fingerprint density at radius 2 is 2.18 bits per heavy atom. The van der Waals surface area contributed by atoms with Crippen molar-refractivity contribution in [2.45, 2.75) is 19.9 Å². The number of aromatic amines is 1. The fourth-order valence-corrected chi connectivity index (χ4v) is 1.66. The molecule has 0 saturated carbocycles. The maximum absolute atomic E-state index is 11.5. The van der Waals surface area contributed by atoms with Gasteiger partial charge in [-0.3, -0.25) is 14.0 Å². The summed E-state index contributed by atoms with van der Waals surface area (Å²) in [5.74, 6) is 0. The molecule has 0 amide bonds. The highest BCUT2D eigenvalue weighted by atomic mass is 16.2. The van der Waals surface area contributed by atoms with Gasteiger partial charge in [0.1, 0.15) is 0 Å². The van der Waals surface area contributed by atoms with Gasteiger partial charge in [-0.25, -0.2) is 4.79 Å². The molecule has 2 rings (SSSR count). The topological polar surface area (TPSA) is 72.7 Å². The summed E-state index contributed by atoms with van der Waals surface area (Å²) in [5.41, 5.74) is 1.06. The molecule has 0 saturated heterocycles. The number of hydrogen-bond acceptors (Lipinski definition) is 3. The predicted molar refractivity (Wildman–Crippen MR) is 63.0 cm³/mol. The molecule has 90 valence electrons. The van der Waals surface area contributed by atoms with E-state index in [1.165, 1.54) is 12.3 Å². The van der Waals surface area contributed by atoms with Crippen molar-refractivity contribution in [3.8, 4) is 0 Å². The van der Waals surface area contributed by atoms with E-state index in [4.69, 9.17) is 0 Å². The minimum atomic E-state index is -0.406. The second-order valence-electron chi connectivity index (χ2n) is 3.81. The van der Waals surface area contributed by atoms with Crippen LogP contribution in [0.25, 0.3) is 0 Å². The van der Waals surface area contributed by atoms with Crippen molar-refractivity contribution in [1.82, 2.24) is 19.3 Å². The molecule has 2 heterocycles. The van der Waals surface area contributed by atoms with E-state index in [0.29, 0.717) is 0 Å². The Morgan fingerprint density at radius 3 is 2.76 bits per heavy atom. The van der Waals surface area contributed by atoms with Gasteiger partial charge >= 0.3 is 5.69 Å². The molecule has 0 bridgehead atoms. The Bertz CT molecular complexity index is 607. The Balaban J connectivity index is 2.41. The molecule has 1 N–H and O–H groups in total. The van der Waals surface area contributed by atoms with E-state index >= 15 is 0 Å². The first-order valence-corrected chi connectivity index (χ1v) is 5.42. The molecule has 2 aromatic rings. The number of nitrogens with zero attached hydrogens (tertiary/aromatic N) is 3. The van der Waals surface area contributed by atoms with Crippen LogP contribution < -0.4 is 11.2 Å². The molecule has 0 radical (unpaired) electrons. The van der Waals surface area contributed by atoms with Crippen LogP contribution in [0, 0.1) is 0 Å². The van der Waals surface area contributed by atoms with Crippen LogP contribution in [0.2, 0.25) is 0 Å². The second-order valence-corrected chi connectivity index (χ2v) is 3.81. The highest BCUT2D eigenvalue weighted by Gasteiger charge is 2.07. The molecule has 0 atom stereocenters. The van der Waals surface area contributed by atoms with Crippen LogP contribution in [0.15, 0.2) is 27.9 Å². The highest BCUT2D eigenvalue weighted by molar-refractivity contribution is 5.10. The average Bonchev–Trinajstić information content (AvgIpc) is 2.65. The Kier molecular flexibility index (Phi) is 2.95. The zero-order valence-corrected chi connectivity index (χ0v) is 9.80. The molecule has 0 aromatic carbocycles. The van der Waals surface area contributed by atoms with Gasteiger partial charge in [-0.2, -0.15) is 5.10 Å². The molecular weight excluding hydrogens is 220 g/mol. The second kappa shape index (κ2) is 4.40. The molecular formula is C11H14N4O2. The minimum absolute atomic E-state index is 0.235. The fraction of sp³-hybridized carbons (Fsp3) is 0.364. The SMILES string of the molecule is CCc1cc(Cn2c(=O)cc[nH]c2=O)n(C)n1. The van der Waals surface area contributed by atoms with Crippen LogP contribution in [-0.4, -0.2) is 19.3 Å². The lowest BCUT2D eigenvalue weighted by molar-refractivity contribution is 0.626. The van der Waals surface area contributed by atoms with E-state index in [0.717, 1.165) is 22.4 Å². The van der Waals surface area contributed by atoms with Crippen LogP contribution in [0.4, 0.5) is 0 Å². The predicted octanol–water partition coefficient (Wildman–Crippen LogP) is -0.119. The lowest BCUT2D eigenvalue weighted by Gasteiger charge is -2.03. The van der Waals surface area contributed by atoms with E-state index < -0.39 is 5.69 Å². The van der Waals surface area contributed by atoms with Gasteiger partial charge in [0.15, 0.2) is 0 Å². The molecule has 6 heteroatoms. The molecule has 0 aliphatic rings. The quantitative estimate of drug-likeness (QED) is 0.804. The fourth-order valence-electron chi connectivity index (χ4n) is 1.66. The average molecular weight is 234 g/mol. The third-order valence-corrected chi connectivity index (χ3v) is 2.65. The standard InChI is InChI=1S/C11H14N4O2/c1-3-8-6-9(14(2)13-8)7-15-10(16)4-5-12-11(15)17/h4-6H,3,7H2,1-2H3,(H,12,17). The van der Waals surface area contributed by atoms with E-state index in [2.05, 4.69) is 10.1 Å². The lowest BCUT2D eigenvalue weighted by atomic mass is 10.3. The smallest absolute Gasteiger partial charge is 0.314 e. The van der Waals surface area contributed by atoms with E-state index in [9.17, 15) is 9.59 Å². The van der Waals surface area contributed by atoms with Crippen molar-refractivity contribution in [2.24, 2.45) is 7.05 Å². The number of aromatic nitrogens is 4. The molecule has 6 nitrogen and oxygen atoms in total. The Morgan fingerprint density at radius 1 is 1.41 bits per heavy atom. The third kappa shape index (κ3) is 2.20. The first-order chi connectivity index (χ1) is 8.11. The molecule has 0 unspecified atom stereocenters. The normalized spacial score (nSPS) is 10.7. The number of aryl methyl sites for hydroxylation is 2. The largest absolute Gasteiger partial charge is 0.328 e. The van der Waals surface area contributed by atoms with Crippen LogP contribution in [0.3, 0.4) is 0 Å². The summed E-state index contributed by atoms with van der Waals surface area (Å²) in [6.07, 6.45) is 2.18. The van der Waals surface area contributed by atoms with Gasteiger partial charge in [0.05, 0.1) is 17.9 Å². The summed E-state index contributed by atoms with van der Waals surface area (Å²) in [6.45, 7) is 2.24. The number of nitrogens with one attached hydrogen (secondary N) is 1. The maximum Gasteiger partial charge on any atom is 0.328 e. The Labute approximate surface area is 97.5 Å². The zero-order chi connectivity index (χ0) is 12.4. The summed E-state index contributed by atoms with van der Waals surface area (Å²) in [5, 5.41) is 4.27. The third-order valence-electron chi connectivity index (χ3n) is 2.65. The van der Waals surface area contributed by atoms with Gasteiger partial charge in [-0.1, -0.05) is 6.92 Å². The molecule has 0 aliphatic carbocycles. The van der Waals surface area contributed by atoms with Crippen LogP contribution >= 0.6 is 0 Å². The summed E-state index contributed by atoms with van der Waals surface area (Å²) in [7, 11) is 1.80. The molecule has 2 aromatic heterocycles. The molecule has 0 spiro atoms. The van der Waals surface area contributed by atoms with Crippen molar-refractivity contribution in [1.29, 1.82) is 0 Å². The van der Waals surface area contributed by atoms with E-state index in [-0.39, 0.29) is 12.1 Å². The minimum Gasteiger partial charge on any atom is -0.314 e. The van der Waals surface area contributed by atoms with Gasteiger partial charge < -0.3 is 4.98 Å². The van der Waals surface area contributed by atoms with Gasteiger partial charge in [-0.05, 0) is 12.5 Å². The van der Waals surface area contributed by atoms with Gasteiger partial charge in [0.2, 0.25) is 0 Å². The molecule has 17 heavy (non-hydrogen) atoms. The van der Waals surface area contributed by atoms with Gasteiger partial charge in [0.25, 0.3) is 5.56 Å². The van der Waals surface area contributed by atoms with Gasteiger partial charge in [-0.15, -0.1) is 0 Å². The molecule has 0 aliphatic heterocycles. The highest BCUT2D eigenvalue weighted by Crippen LogP contribution is 2.03. The summed E-state index contributed by atoms with van der Waals surface area (Å²) < 4.78 is 2.84. The van der Waals surface area contributed by atoms with Gasteiger partial charge in [0, 0.05) is 19.3 Å². The van der Waals surface area contributed by atoms with Crippen molar-refractivity contribution < 1.29 is 0 Å². The number of rotatable bonds is 3. The van der Waals surface area contributed by atoms with Crippen molar-refractivity contribution in [2.75, 3.05) is 0 Å². The van der Waals surface area contributed by atoms with Crippen molar-refractivity contribution in [3.05, 3.63) is 50.6 Å². The number of H-pyrrole nitrogens is 1. The van der Waals surface area contributed by atoms with Crippen molar-refractivity contribution in [3.63, 3.8) is 0 Å². The first kappa shape index (κ1) is 11.4. The first-order valence-electron chi connectivity index (χ1n) is 5.42. The monoisotopic (exact) mass is 234 g/mol. The summed E-state index contributed by atoms with van der Waals surface area (Å²) in [4.78, 5) is 25.5. The summed E-state index contributed by atoms with van der Waals surface area (Å²) >= 11 is 0. The van der Waals surface area contributed by atoms with E-state index in [1.807, 2.05) is 13.0 Å². The molecule has 0 fully saturated rings. The van der Waals surface area contributed by atoms with Crippen LogP contribution in [0.1, 0.15) is 18.3 Å². The van der Waals surface area contributed by atoms with Crippen LogP contribution in [0.5, 0.6) is 0 Å². The van der Waals surface area contributed by atoms with Crippen molar-refractivity contribution >= 4 is 0 Å². The van der Waals surface area contributed by atoms with E-state index in [1.54, 1.807) is 11.7 Å². The summed E-state index contributed by atoms with van der Waals surface area (Å²) in [6, 6.07) is 3.23. The Hall–Kier alpha value is -2.11. The number of hydrogen-bond donors (Lipinski definition) is 1. The zero-order valence-electron chi connectivity index (χ0n) is 9.80. The van der Waals surface area contributed by atoms with Crippen LogP contribution in [-0.2, 0) is 20.0 Å². The maximum atomic E-state index is 11.5. The lowest BCUT2D eigenvalue weighted by Crippen LogP contribution is -2.34.